The number of carbonyl (C=O) groups excluding carboxylic acids is 1. The predicted octanol–water partition coefficient (Wildman–Crippen LogP) is 3.20. The molecule has 4 heterocycles. The first-order valence-corrected chi connectivity index (χ1v) is 10.4. The van der Waals surface area contributed by atoms with Crippen LogP contribution < -0.4 is 25.3 Å². The van der Waals surface area contributed by atoms with Gasteiger partial charge in [-0.25, -0.2) is 0 Å². The van der Waals surface area contributed by atoms with E-state index < -0.39 is 11.3 Å². The number of ether oxygens (including phenoxy) is 3. The van der Waals surface area contributed by atoms with E-state index in [1.165, 1.54) is 0 Å². The van der Waals surface area contributed by atoms with Crippen molar-refractivity contribution in [2.75, 3.05) is 12.1 Å². The Bertz CT molecular complexity index is 1440. The molecule has 1 atom stereocenters. The second kappa shape index (κ2) is 6.27. The van der Waals surface area contributed by atoms with Crippen LogP contribution in [0.4, 0.5) is 5.69 Å². The van der Waals surface area contributed by atoms with Crippen LogP contribution >= 0.6 is 15.9 Å². The SMILES string of the molecule is Cc1ccc2c(c1Br)[C@]1(C(=O)N2)C(C#N)=C(N)Oc2n[nH]c(-c3ccc4c(c3)OCO4)c21. The first kappa shape index (κ1) is 18.8. The number of aromatic amines is 1. The number of aromatic nitrogens is 2. The van der Waals surface area contributed by atoms with E-state index in [0.717, 1.165) is 5.56 Å². The quantitative estimate of drug-likeness (QED) is 0.475. The molecule has 3 aliphatic heterocycles. The van der Waals surface area contributed by atoms with Crippen molar-refractivity contribution in [2.45, 2.75) is 12.3 Å². The summed E-state index contributed by atoms with van der Waals surface area (Å²) in [6.07, 6.45) is 0. The number of anilines is 1. The lowest BCUT2D eigenvalue weighted by Gasteiger charge is -2.32. The molecule has 10 heteroatoms. The molecule has 1 spiro atoms. The number of nitrogens with two attached hydrogens (primary N) is 1. The standard InChI is InChI=1S/C22H14BrN5O4/c1-9-2-4-12-15(17(9)23)22(21(29)26-12)11(7-24)19(25)32-20-16(22)18(27-28-20)10-3-5-13-14(6-10)31-8-30-13/h2-6H,8,25H2,1H3,(H,26,29)(H,27,28)/t22-/m1/s1. The number of rotatable bonds is 1. The second-order valence-electron chi connectivity index (χ2n) is 7.62. The maximum absolute atomic E-state index is 13.7. The maximum atomic E-state index is 13.7. The number of nitrogens with one attached hydrogen (secondary N) is 2. The number of fused-ring (bicyclic) bond motifs is 5. The number of benzene rings is 2. The predicted molar refractivity (Wildman–Crippen MR) is 116 cm³/mol. The summed E-state index contributed by atoms with van der Waals surface area (Å²) in [5, 5.41) is 20.3. The van der Waals surface area contributed by atoms with Gasteiger partial charge in [-0.15, -0.1) is 5.10 Å². The first-order valence-electron chi connectivity index (χ1n) is 9.65. The van der Waals surface area contributed by atoms with Gasteiger partial charge in [-0.2, -0.15) is 5.26 Å². The number of nitrogens with zero attached hydrogens (tertiary/aromatic N) is 2. The smallest absolute Gasteiger partial charge is 0.245 e. The van der Waals surface area contributed by atoms with Crippen LogP contribution in [0.2, 0.25) is 0 Å². The summed E-state index contributed by atoms with van der Waals surface area (Å²) in [4.78, 5) is 13.7. The minimum Gasteiger partial charge on any atom is -0.454 e. The van der Waals surface area contributed by atoms with Crippen molar-refractivity contribution in [1.29, 1.82) is 5.26 Å². The molecule has 0 saturated heterocycles. The Morgan fingerprint density at radius 2 is 2.03 bits per heavy atom. The lowest BCUT2D eigenvalue weighted by Crippen LogP contribution is -2.42. The molecule has 1 amide bonds. The molecule has 3 aliphatic rings. The molecule has 0 radical (unpaired) electrons. The summed E-state index contributed by atoms with van der Waals surface area (Å²) in [6.45, 7) is 2.04. The van der Waals surface area contributed by atoms with Crippen molar-refractivity contribution in [1.82, 2.24) is 10.2 Å². The molecule has 4 N–H and O–H groups in total. The number of halogens is 1. The van der Waals surface area contributed by atoms with Crippen LogP contribution in [0.5, 0.6) is 17.4 Å². The van der Waals surface area contributed by atoms with Crippen molar-refractivity contribution in [3.8, 4) is 34.7 Å². The Labute approximate surface area is 189 Å². The minimum absolute atomic E-state index is 0.00376. The maximum Gasteiger partial charge on any atom is 0.245 e. The van der Waals surface area contributed by atoms with Crippen LogP contribution in [-0.2, 0) is 10.2 Å². The van der Waals surface area contributed by atoms with Gasteiger partial charge in [0.1, 0.15) is 17.1 Å². The van der Waals surface area contributed by atoms with E-state index in [9.17, 15) is 10.1 Å². The Morgan fingerprint density at radius 1 is 1.22 bits per heavy atom. The van der Waals surface area contributed by atoms with Gasteiger partial charge in [0.2, 0.25) is 24.5 Å². The van der Waals surface area contributed by atoms with E-state index in [4.69, 9.17) is 19.9 Å². The number of amides is 1. The highest BCUT2D eigenvalue weighted by molar-refractivity contribution is 9.10. The molecule has 158 valence electrons. The molecule has 0 unspecified atom stereocenters. The number of aryl methyl sites for hydroxylation is 1. The molecule has 0 fully saturated rings. The van der Waals surface area contributed by atoms with E-state index >= 15 is 0 Å². The molecule has 1 aromatic heterocycles. The van der Waals surface area contributed by atoms with Crippen molar-refractivity contribution in [3.05, 3.63) is 63.0 Å². The van der Waals surface area contributed by atoms with E-state index in [-0.39, 0.29) is 24.1 Å². The van der Waals surface area contributed by atoms with Gasteiger partial charge < -0.3 is 25.3 Å². The van der Waals surface area contributed by atoms with Crippen molar-refractivity contribution < 1.29 is 19.0 Å². The van der Waals surface area contributed by atoms with Gasteiger partial charge in [-0.3, -0.25) is 9.89 Å². The molecule has 0 aliphatic carbocycles. The third-order valence-corrected chi connectivity index (χ3v) is 7.03. The topological polar surface area (TPSA) is 135 Å². The molecular weight excluding hydrogens is 478 g/mol. The number of carbonyl (C=O) groups is 1. The Balaban J connectivity index is 1.71. The zero-order valence-electron chi connectivity index (χ0n) is 16.6. The van der Waals surface area contributed by atoms with Gasteiger partial charge >= 0.3 is 0 Å². The molecule has 0 saturated carbocycles. The van der Waals surface area contributed by atoms with Crippen LogP contribution in [0.25, 0.3) is 11.3 Å². The van der Waals surface area contributed by atoms with Gasteiger partial charge in [-0.05, 0) is 36.8 Å². The molecule has 3 aromatic rings. The molecule has 2 aromatic carbocycles. The Hall–Kier alpha value is -3.97. The highest BCUT2D eigenvalue weighted by Crippen LogP contribution is 2.57. The first-order chi connectivity index (χ1) is 15.5. The molecule has 32 heavy (non-hydrogen) atoms. The van der Waals surface area contributed by atoms with E-state index in [2.05, 4.69) is 37.5 Å². The number of hydrogen-bond acceptors (Lipinski definition) is 7. The molecule has 6 rings (SSSR count). The summed E-state index contributed by atoms with van der Waals surface area (Å²) in [6, 6.07) is 11.2. The number of nitriles is 1. The van der Waals surface area contributed by atoms with Gasteiger partial charge in [0.15, 0.2) is 11.5 Å². The monoisotopic (exact) mass is 491 g/mol. The van der Waals surface area contributed by atoms with Crippen LogP contribution in [-0.4, -0.2) is 22.9 Å². The largest absolute Gasteiger partial charge is 0.454 e. The van der Waals surface area contributed by atoms with Gasteiger partial charge in [0, 0.05) is 21.3 Å². The highest BCUT2D eigenvalue weighted by Gasteiger charge is 2.59. The molecule has 0 bridgehead atoms. The third-order valence-electron chi connectivity index (χ3n) is 6.01. The lowest BCUT2D eigenvalue weighted by molar-refractivity contribution is -0.118. The van der Waals surface area contributed by atoms with Gasteiger partial charge in [-0.1, -0.05) is 22.0 Å². The average molecular weight is 492 g/mol. The fourth-order valence-corrected chi connectivity index (χ4v) is 5.21. The summed E-state index contributed by atoms with van der Waals surface area (Å²) in [5.41, 5.74) is 8.26. The van der Waals surface area contributed by atoms with Crippen LogP contribution in [0.1, 0.15) is 16.7 Å². The fourth-order valence-electron chi connectivity index (χ4n) is 4.57. The Kier molecular flexibility index (Phi) is 3.68. The third kappa shape index (κ3) is 2.15. The van der Waals surface area contributed by atoms with Crippen LogP contribution in [0, 0.1) is 18.3 Å². The fraction of sp³-hybridized carbons (Fsp3) is 0.136. The minimum atomic E-state index is -1.55. The van der Waals surface area contributed by atoms with E-state index in [1.807, 2.05) is 25.1 Å². The van der Waals surface area contributed by atoms with Gasteiger partial charge in [0.25, 0.3) is 0 Å². The van der Waals surface area contributed by atoms with Crippen LogP contribution in [0.3, 0.4) is 0 Å². The summed E-state index contributed by atoms with van der Waals surface area (Å²) in [5.74, 6) is 0.745. The van der Waals surface area contributed by atoms with Gasteiger partial charge in [0.05, 0.1) is 11.3 Å². The highest BCUT2D eigenvalue weighted by atomic mass is 79.9. The molecule has 9 nitrogen and oxygen atoms in total. The van der Waals surface area contributed by atoms with Crippen molar-refractivity contribution in [3.63, 3.8) is 0 Å². The average Bonchev–Trinajstić information content (AvgIpc) is 3.47. The summed E-state index contributed by atoms with van der Waals surface area (Å²) >= 11 is 3.63. The second-order valence-corrected chi connectivity index (χ2v) is 8.42. The zero-order chi connectivity index (χ0) is 22.2. The van der Waals surface area contributed by atoms with E-state index in [1.54, 1.807) is 12.1 Å². The van der Waals surface area contributed by atoms with Crippen molar-refractivity contribution in [2.24, 2.45) is 5.73 Å². The zero-order valence-corrected chi connectivity index (χ0v) is 18.2. The van der Waals surface area contributed by atoms with E-state index in [0.29, 0.717) is 44.0 Å². The number of hydrogen-bond donors (Lipinski definition) is 3. The summed E-state index contributed by atoms with van der Waals surface area (Å²) in [7, 11) is 0. The Morgan fingerprint density at radius 3 is 2.84 bits per heavy atom. The van der Waals surface area contributed by atoms with Crippen molar-refractivity contribution >= 4 is 27.5 Å². The normalized spacial score (nSPS) is 20.0. The van der Waals surface area contributed by atoms with Crippen LogP contribution in [0.15, 0.2) is 46.3 Å². The summed E-state index contributed by atoms with van der Waals surface area (Å²) < 4.78 is 17.3. The lowest BCUT2D eigenvalue weighted by atomic mass is 9.68. The number of H-pyrrole nitrogens is 1. The molecular formula is C22H14BrN5O4.